The van der Waals surface area contributed by atoms with E-state index in [2.05, 4.69) is 31.3 Å². The van der Waals surface area contributed by atoms with Crippen LogP contribution in [0.1, 0.15) is 5.82 Å². The molecule has 0 aliphatic rings. The summed E-state index contributed by atoms with van der Waals surface area (Å²) in [5.74, 6) is 0.252. The van der Waals surface area contributed by atoms with Gasteiger partial charge in [-0.2, -0.15) is 10.5 Å². The van der Waals surface area contributed by atoms with Gasteiger partial charge < -0.3 is 10.6 Å². The van der Waals surface area contributed by atoms with Gasteiger partial charge in [0.2, 0.25) is 5.82 Å². The second kappa shape index (κ2) is 6.87. The van der Waals surface area contributed by atoms with E-state index in [9.17, 15) is 0 Å². The zero-order valence-electron chi connectivity index (χ0n) is 12.1. The lowest BCUT2D eigenvalue weighted by Gasteiger charge is -2.07. The minimum Gasteiger partial charge on any atom is -0.360 e. The largest absolute Gasteiger partial charge is 0.360 e. The standard InChI is InChI=1S/C16H13N7/c17-10-12(16-20-22-23-21-16)11-18-13-6-8-15(9-7-13)19-14-4-2-1-3-5-14/h1-9,11,18-19H,(H,20,21,22,23). The molecule has 7 nitrogen and oxygen atoms in total. The number of hydrogen-bond donors (Lipinski definition) is 3. The predicted molar refractivity (Wildman–Crippen MR) is 87.6 cm³/mol. The summed E-state index contributed by atoms with van der Waals surface area (Å²) < 4.78 is 0. The molecule has 7 heteroatoms. The number of aromatic nitrogens is 4. The van der Waals surface area contributed by atoms with Gasteiger partial charge in [-0.3, -0.25) is 0 Å². The van der Waals surface area contributed by atoms with Crippen LogP contribution in [0.4, 0.5) is 17.1 Å². The number of benzene rings is 2. The van der Waals surface area contributed by atoms with Gasteiger partial charge in [-0.1, -0.05) is 18.2 Å². The Kier molecular flexibility index (Phi) is 4.26. The van der Waals surface area contributed by atoms with Gasteiger partial charge in [-0.25, -0.2) is 0 Å². The van der Waals surface area contributed by atoms with Crippen LogP contribution < -0.4 is 10.6 Å². The summed E-state index contributed by atoms with van der Waals surface area (Å²) >= 11 is 0. The molecular formula is C16H13N7. The summed E-state index contributed by atoms with van der Waals surface area (Å²) in [6.07, 6.45) is 1.55. The van der Waals surface area contributed by atoms with E-state index in [0.717, 1.165) is 17.1 Å². The third kappa shape index (κ3) is 3.71. The Labute approximate surface area is 132 Å². The molecule has 0 spiro atoms. The Morgan fingerprint density at radius 2 is 1.70 bits per heavy atom. The van der Waals surface area contributed by atoms with Crippen molar-refractivity contribution in [1.29, 1.82) is 5.26 Å². The van der Waals surface area contributed by atoms with Gasteiger partial charge in [-0.15, -0.1) is 10.2 Å². The summed E-state index contributed by atoms with van der Waals surface area (Å²) in [5, 5.41) is 28.7. The second-order valence-corrected chi connectivity index (χ2v) is 4.62. The SMILES string of the molecule is N#CC(=CNc1ccc(Nc2ccccc2)cc1)c1nn[nH]n1. The molecular weight excluding hydrogens is 290 g/mol. The molecule has 0 aliphatic carbocycles. The molecule has 0 radical (unpaired) electrons. The van der Waals surface area contributed by atoms with Crippen molar-refractivity contribution in [3.63, 3.8) is 0 Å². The van der Waals surface area contributed by atoms with E-state index < -0.39 is 0 Å². The highest BCUT2D eigenvalue weighted by Crippen LogP contribution is 2.19. The molecule has 1 heterocycles. The normalized spacial score (nSPS) is 10.8. The topological polar surface area (TPSA) is 102 Å². The molecule has 0 amide bonds. The van der Waals surface area contributed by atoms with Crippen molar-refractivity contribution < 1.29 is 0 Å². The van der Waals surface area contributed by atoms with Gasteiger partial charge in [0.1, 0.15) is 11.6 Å². The Bertz CT molecular complexity index is 815. The number of para-hydroxylation sites is 1. The smallest absolute Gasteiger partial charge is 0.216 e. The van der Waals surface area contributed by atoms with Gasteiger partial charge in [0, 0.05) is 23.3 Å². The lowest BCUT2D eigenvalue weighted by atomic mass is 10.2. The third-order valence-corrected chi connectivity index (χ3v) is 3.04. The Morgan fingerprint density at radius 3 is 2.35 bits per heavy atom. The van der Waals surface area contributed by atoms with Crippen molar-refractivity contribution in [2.45, 2.75) is 0 Å². The van der Waals surface area contributed by atoms with E-state index in [0.29, 0.717) is 5.57 Å². The van der Waals surface area contributed by atoms with Crippen LogP contribution in [0.5, 0.6) is 0 Å². The minimum atomic E-state index is 0.252. The van der Waals surface area contributed by atoms with E-state index in [1.807, 2.05) is 60.7 Å². The maximum Gasteiger partial charge on any atom is 0.216 e. The number of nitrogens with one attached hydrogen (secondary N) is 3. The number of allylic oxidation sites excluding steroid dienone is 1. The zero-order chi connectivity index (χ0) is 15.9. The number of rotatable bonds is 5. The van der Waals surface area contributed by atoms with Gasteiger partial charge in [0.25, 0.3) is 0 Å². The molecule has 0 saturated heterocycles. The third-order valence-electron chi connectivity index (χ3n) is 3.04. The summed E-state index contributed by atoms with van der Waals surface area (Å²) in [4.78, 5) is 0. The summed E-state index contributed by atoms with van der Waals surface area (Å²) in [7, 11) is 0. The first-order valence-electron chi connectivity index (χ1n) is 6.88. The molecule has 3 aromatic rings. The van der Waals surface area contributed by atoms with Crippen molar-refractivity contribution >= 4 is 22.6 Å². The predicted octanol–water partition coefficient (Wildman–Crippen LogP) is 2.92. The van der Waals surface area contributed by atoms with Gasteiger partial charge in [0.05, 0.1) is 0 Å². The summed E-state index contributed by atoms with van der Waals surface area (Å²) in [5.41, 5.74) is 3.14. The average molecular weight is 303 g/mol. The van der Waals surface area contributed by atoms with Crippen molar-refractivity contribution in [1.82, 2.24) is 20.6 Å². The molecule has 0 bridgehead atoms. The molecule has 3 rings (SSSR count). The van der Waals surface area contributed by atoms with Crippen LogP contribution in [-0.4, -0.2) is 20.6 Å². The summed E-state index contributed by atoms with van der Waals surface area (Å²) in [6.45, 7) is 0. The molecule has 0 aliphatic heterocycles. The Morgan fingerprint density at radius 1 is 1.00 bits per heavy atom. The number of tetrazole rings is 1. The van der Waals surface area contributed by atoms with E-state index in [4.69, 9.17) is 5.26 Å². The minimum absolute atomic E-state index is 0.252. The highest BCUT2D eigenvalue weighted by Gasteiger charge is 2.05. The van der Waals surface area contributed by atoms with Crippen molar-refractivity contribution in [3.05, 3.63) is 66.6 Å². The number of H-pyrrole nitrogens is 1. The van der Waals surface area contributed by atoms with Gasteiger partial charge >= 0.3 is 0 Å². The second-order valence-electron chi connectivity index (χ2n) is 4.62. The lowest BCUT2D eigenvalue weighted by molar-refractivity contribution is 0.881. The number of nitrogens with zero attached hydrogens (tertiary/aromatic N) is 4. The summed E-state index contributed by atoms with van der Waals surface area (Å²) in [6, 6.07) is 19.7. The van der Waals surface area contributed by atoms with Crippen molar-refractivity contribution in [3.8, 4) is 6.07 Å². The number of aromatic amines is 1. The maximum atomic E-state index is 9.09. The van der Waals surface area contributed by atoms with Crippen LogP contribution >= 0.6 is 0 Å². The van der Waals surface area contributed by atoms with Gasteiger partial charge in [0.15, 0.2) is 0 Å². The maximum absolute atomic E-state index is 9.09. The average Bonchev–Trinajstić information content (AvgIpc) is 3.12. The quantitative estimate of drug-likeness (QED) is 0.626. The fourth-order valence-corrected chi connectivity index (χ4v) is 1.92. The Hall–Kier alpha value is -3.66. The molecule has 0 fully saturated rings. The molecule has 0 saturated carbocycles. The van der Waals surface area contributed by atoms with Crippen LogP contribution in [0.2, 0.25) is 0 Å². The Balaban J connectivity index is 1.67. The van der Waals surface area contributed by atoms with Crippen LogP contribution in [0.15, 0.2) is 60.8 Å². The van der Waals surface area contributed by atoms with E-state index >= 15 is 0 Å². The van der Waals surface area contributed by atoms with Crippen molar-refractivity contribution in [2.24, 2.45) is 0 Å². The van der Waals surface area contributed by atoms with Gasteiger partial charge in [-0.05, 0) is 41.6 Å². The van der Waals surface area contributed by atoms with Crippen LogP contribution in [0.3, 0.4) is 0 Å². The van der Waals surface area contributed by atoms with E-state index in [-0.39, 0.29) is 5.82 Å². The fraction of sp³-hybridized carbons (Fsp3) is 0. The molecule has 2 aromatic carbocycles. The first-order valence-corrected chi connectivity index (χ1v) is 6.88. The van der Waals surface area contributed by atoms with Crippen molar-refractivity contribution in [2.75, 3.05) is 10.6 Å². The first-order chi connectivity index (χ1) is 11.3. The van der Waals surface area contributed by atoms with E-state index in [1.54, 1.807) is 6.20 Å². The molecule has 3 N–H and O–H groups in total. The number of nitriles is 1. The molecule has 0 unspecified atom stereocenters. The van der Waals surface area contributed by atoms with Crippen LogP contribution in [0, 0.1) is 11.3 Å². The number of hydrogen-bond acceptors (Lipinski definition) is 6. The highest BCUT2D eigenvalue weighted by molar-refractivity contribution is 5.74. The zero-order valence-corrected chi connectivity index (χ0v) is 12.1. The first kappa shape index (κ1) is 14.3. The van der Waals surface area contributed by atoms with Crippen LogP contribution in [0.25, 0.3) is 5.57 Å². The van der Waals surface area contributed by atoms with Crippen LogP contribution in [-0.2, 0) is 0 Å². The fourth-order valence-electron chi connectivity index (χ4n) is 1.92. The molecule has 112 valence electrons. The molecule has 1 aromatic heterocycles. The van der Waals surface area contributed by atoms with E-state index in [1.165, 1.54) is 0 Å². The lowest BCUT2D eigenvalue weighted by Crippen LogP contribution is -1.94. The number of anilines is 3. The highest BCUT2D eigenvalue weighted by atomic mass is 15.5. The monoisotopic (exact) mass is 303 g/mol. The molecule has 23 heavy (non-hydrogen) atoms. The molecule has 0 atom stereocenters.